The number of carbonyl (C=O) groups excluding carboxylic acids is 1. The molecule has 1 fully saturated rings. The first-order valence-corrected chi connectivity index (χ1v) is 8.23. The molecule has 1 heterocycles. The van der Waals surface area contributed by atoms with E-state index in [0.29, 0.717) is 16.6 Å². The Hall–Kier alpha value is -0.810. The summed E-state index contributed by atoms with van der Waals surface area (Å²) >= 11 is 12.1. The van der Waals surface area contributed by atoms with Crippen molar-refractivity contribution in [1.82, 2.24) is 10.2 Å². The predicted molar refractivity (Wildman–Crippen MR) is 89.5 cm³/mol. The number of hydrogen-bond donors (Lipinski definition) is 1. The van der Waals surface area contributed by atoms with Crippen LogP contribution in [0.25, 0.3) is 0 Å². The fourth-order valence-corrected chi connectivity index (χ4v) is 3.41. The number of amides is 1. The van der Waals surface area contributed by atoms with E-state index >= 15 is 0 Å². The van der Waals surface area contributed by atoms with E-state index in [1.54, 1.807) is 12.1 Å². The summed E-state index contributed by atoms with van der Waals surface area (Å²) in [6.45, 7) is 7.88. The van der Waals surface area contributed by atoms with Crippen molar-refractivity contribution in [3.8, 4) is 0 Å². The van der Waals surface area contributed by atoms with Crippen LogP contribution in [0.2, 0.25) is 10.0 Å². The van der Waals surface area contributed by atoms with Crippen LogP contribution in [-0.2, 0) is 9.53 Å². The second-order valence-corrected chi connectivity index (χ2v) is 6.75. The van der Waals surface area contributed by atoms with E-state index in [0.717, 1.165) is 18.7 Å². The van der Waals surface area contributed by atoms with E-state index in [1.807, 2.05) is 26.8 Å². The minimum absolute atomic E-state index is 0.0141. The molecule has 1 aliphatic heterocycles. The number of halogens is 2. The van der Waals surface area contributed by atoms with Gasteiger partial charge in [0.2, 0.25) is 5.91 Å². The highest BCUT2D eigenvalue weighted by atomic mass is 35.5. The molecule has 0 saturated carbocycles. The molecule has 122 valence electrons. The van der Waals surface area contributed by atoms with E-state index in [2.05, 4.69) is 10.2 Å². The van der Waals surface area contributed by atoms with Crippen LogP contribution in [0.15, 0.2) is 18.2 Å². The van der Waals surface area contributed by atoms with Crippen molar-refractivity contribution in [3.05, 3.63) is 33.8 Å². The molecule has 0 aromatic heterocycles. The lowest BCUT2D eigenvalue weighted by Gasteiger charge is -2.35. The lowest BCUT2D eigenvalue weighted by Crippen LogP contribution is -2.49. The summed E-state index contributed by atoms with van der Waals surface area (Å²) in [6, 6.07) is 5.14. The highest BCUT2D eigenvalue weighted by molar-refractivity contribution is 6.35. The van der Waals surface area contributed by atoms with E-state index in [4.69, 9.17) is 27.9 Å². The van der Waals surface area contributed by atoms with Gasteiger partial charge in [-0.25, -0.2) is 0 Å². The summed E-state index contributed by atoms with van der Waals surface area (Å²) in [5.74, 6) is -0.0141. The van der Waals surface area contributed by atoms with Crippen molar-refractivity contribution >= 4 is 29.1 Å². The van der Waals surface area contributed by atoms with Crippen molar-refractivity contribution in [2.45, 2.75) is 39.0 Å². The molecule has 1 aromatic carbocycles. The molecule has 4 nitrogen and oxygen atoms in total. The number of nitrogens with zero attached hydrogens (tertiary/aromatic N) is 1. The zero-order valence-corrected chi connectivity index (χ0v) is 14.6. The van der Waals surface area contributed by atoms with Gasteiger partial charge in [0.05, 0.1) is 24.8 Å². The Morgan fingerprint density at radius 1 is 1.36 bits per heavy atom. The number of hydrogen-bond acceptors (Lipinski definition) is 3. The molecule has 3 atom stereocenters. The first kappa shape index (κ1) is 17.5. The van der Waals surface area contributed by atoms with E-state index in [1.165, 1.54) is 0 Å². The number of morpholine rings is 1. The molecule has 22 heavy (non-hydrogen) atoms. The minimum Gasteiger partial charge on any atom is -0.373 e. The molecule has 1 saturated heterocycles. The predicted octanol–water partition coefficient (Wildman–Crippen LogP) is 3.28. The van der Waals surface area contributed by atoms with Gasteiger partial charge in [-0.15, -0.1) is 0 Å². The fourth-order valence-electron chi connectivity index (χ4n) is 2.83. The maximum Gasteiger partial charge on any atom is 0.234 e. The smallest absolute Gasteiger partial charge is 0.234 e. The van der Waals surface area contributed by atoms with Crippen LogP contribution in [0.1, 0.15) is 32.4 Å². The molecule has 1 aromatic rings. The molecule has 6 heteroatoms. The van der Waals surface area contributed by atoms with Gasteiger partial charge in [-0.3, -0.25) is 9.69 Å². The Bertz CT molecular complexity index is 529. The topological polar surface area (TPSA) is 41.6 Å². The van der Waals surface area contributed by atoms with Crippen molar-refractivity contribution in [3.63, 3.8) is 0 Å². The van der Waals surface area contributed by atoms with Crippen LogP contribution in [0.5, 0.6) is 0 Å². The summed E-state index contributed by atoms with van der Waals surface area (Å²) in [7, 11) is 0. The Morgan fingerprint density at radius 3 is 2.59 bits per heavy atom. The molecule has 0 radical (unpaired) electrons. The van der Waals surface area contributed by atoms with Crippen LogP contribution in [0.4, 0.5) is 0 Å². The quantitative estimate of drug-likeness (QED) is 0.911. The number of rotatable bonds is 4. The molecule has 1 amide bonds. The Kier molecular flexibility index (Phi) is 6.09. The average molecular weight is 345 g/mol. The molecule has 0 unspecified atom stereocenters. The molecule has 1 aliphatic rings. The molecule has 0 aliphatic carbocycles. The normalized spacial score (nSPS) is 24.0. The number of ether oxygens (including phenoxy) is 1. The van der Waals surface area contributed by atoms with Gasteiger partial charge in [0.15, 0.2) is 0 Å². The molecular weight excluding hydrogens is 323 g/mol. The minimum atomic E-state index is -0.159. The van der Waals surface area contributed by atoms with E-state index in [9.17, 15) is 4.79 Å². The summed E-state index contributed by atoms with van der Waals surface area (Å²) < 4.78 is 5.67. The molecular formula is C16H22Cl2N2O2. The number of benzene rings is 1. The Morgan fingerprint density at radius 2 is 2.00 bits per heavy atom. The summed E-state index contributed by atoms with van der Waals surface area (Å²) in [5, 5.41) is 4.13. The zero-order valence-electron chi connectivity index (χ0n) is 13.1. The molecule has 1 N–H and O–H groups in total. The first-order chi connectivity index (χ1) is 10.3. The van der Waals surface area contributed by atoms with Gasteiger partial charge in [0, 0.05) is 23.1 Å². The third-order valence-electron chi connectivity index (χ3n) is 3.67. The third kappa shape index (κ3) is 4.85. The second kappa shape index (κ2) is 7.64. The maximum atomic E-state index is 12.2. The van der Waals surface area contributed by atoms with Crippen molar-refractivity contribution in [1.29, 1.82) is 0 Å². The molecule has 2 rings (SSSR count). The summed E-state index contributed by atoms with van der Waals surface area (Å²) in [5.41, 5.74) is 0.864. The van der Waals surface area contributed by atoms with Gasteiger partial charge in [-0.05, 0) is 38.5 Å². The van der Waals surface area contributed by atoms with Crippen LogP contribution in [0, 0.1) is 0 Å². The number of nitrogens with one attached hydrogen (secondary N) is 1. The zero-order chi connectivity index (χ0) is 16.3. The van der Waals surface area contributed by atoms with Gasteiger partial charge in [0.25, 0.3) is 0 Å². The standard InChI is InChI=1S/C16H22Cl2N2O2/c1-10-7-20(8-11(2)22-10)9-16(21)19-12(3)14-5-4-13(17)6-15(14)18/h4-6,10-12H,7-9H2,1-3H3,(H,19,21)/t10-,11+,12-/m0/s1. The van der Waals surface area contributed by atoms with Gasteiger partial charge in [-0.2, -0.15) is 0 Å². The van der Waals surface area contributed by atoms with Gasteiger partial charge >= 0.3 is 0 Å². The van der Waals surface area contributed by atoms with E-state index < -0.39 is 0 Å². The van der Waals surface area contributed by atoms with Crippen LogP contribution in [0.3, 0.4) is 0 Å². The fraction of sp³-hybridized carbons (Fsp3) is 0.562. The van der Waals surface area contributed by atoms with Gasteiger partial charge in [-0.1, -0.05) is 29.3 Å². The van der Waals surface area contributed by atoms with Crippen LogP contribution in [-0.4, -0.2) is 42.6 Å². The Labute approximate surface area is 141 Å². The van der Waals surface area contributed by atoms with Crippen molar-refractivity contribution in [2.75, 3.05) is 19.6 Å². The van der Waals surface area contributed by atoms with E-state index in [-0.39, 0.29) is 24.2 Å². The van der Waals surface area contributed by atoms with Crippen LogP contribution >= 0.6 is 23.2 Å². The largest absolute Gasteiger partial charge is 0.373 e. The SMILES string of the molecule is C[C@@H]1CN(CC(=O)N[C@@H](C)c2ccc(Cl)cc2Cl)C[C@H](C)O1. The average Bonchev–Trinajstić information content (AvgIpc) is 2.36. The highest BCUT2D eigenvalue weighted by Gasteiger charge is 2.24. The molecule has 0 bridgehead atoms. The van der Waals surface area contributed by atoms with Crippen molar-refractivity contribution < 1.29 is 9.53 Å². The first-order valence-electron chi connectivity index (χ1n) is 7.47. The molecule has 0 spiro atoms. The summed E-state index contributed by atoms with van der Waals surface area (Å²) in [4.78, 5) is 14.3. The van der Waals surface area contributed by atoms with Gasteiger partial charge in [0.1, 0.15) is 0 Å². The van der Waals surface area contributed by atoms with Crippen molar-refractivity contribution in [2.24, 2.45) is 0 Å². The monoisotopic (exact) mass is 344 g/mol. The summed E-state index contributed by atoms with van der Waals surface area (Å²) in [6.07, 6.45) is 0.305. The number of carbonyl (C=O) groups is 1. The van der Waals surface area contributed by atoms with Crippen LogP contribution < -0.4 is 5.32 Å². The third-order valence-corrected chi connectivity index (χ3v) is 4.23. The lowest BCUT2D eigenvalue weighted by molar-refractivity contribution is -0.126. The second-order valence-electron chi connectivity index (χ2n) is 5.91. The van der Waals surface area contributed by atoms with Gasteiger partial charge < -0.3 is 10.1 Å². The highest BCUT2D eigenvalue weighted by Crippen LogP contribution is 2.26. The Balaban J connectivity index is 1.91. The maximum absolute atomic E-state index is 12.2. The lowest BCUT2D eigenvalue weighted by atomic mass is 10.1.